The van der Waals surface area contributed by atoms with Gasteiger partial charge in [-0.2, -0.15) is 0 Å². The Labute approximate surface area is 184 Å². The van der Waals surface area contributed by atoms with Gasteiger partial charge in [0.2, 0.25) is 5.91 Å². The molecule has 2 aromatic carbocycles. The van der Waals surface area contributed by atoms with E-state index in [0.717, 1.165) is 23.1 Å². The lowest BCUT2D eigenvalue weighted by atomic mass is 10.1. The SMILES string of the molecule is CC12CCC(=O)N1C(C(=O)N(CCc1ccccc1)c1nc3ccccc3s1)CS2. The first-order valence-electron chi connectivity index (χ1n) is 10.2. The minimum absolute atomic E-state index is 0.0172. The molecule has 2 aliphatic rings. The number of para-hydroxylation sites is 1. The first kappa shape index (κ1) is 19.6. The summed E-state index contributed by atoms with van der Waals surface area (Å²) in [5.74, 6) is 0.720. The maximum Gasteiger partial charge on any atom is 0.252 e. The van der Waals surface area contributed by atoms with Crippen LogP contribution in [0.1, 0.15) is 25.3 Å². The monoisotopic (exact) mass is 437 g/mol. The molecule has 2 fully saturated rings. The van der Waals surface area contributed by atoms with Gasteiger partial charge in [-0.15, -0.1) is 11.8 Å². The minimum Gasteiger partial charge on any atom is -0.315 e. The second-order valence-electron chi connectivity index (χ2n) is 7.96. The molecule has 3 heterocycles. The Morgan fingerprint density at radius 2 is 1.97 bits per heavy atom. The second kappa shape index (κ2) is 7.71. The molecular formula is C23H23N3O2S2. The zero-order valence-corrected chi connectivity index (χ0v) is 18.4. The molecule has 2 saturated heterocycles. The molecular weight excluding hydrogens is 414 g/mol. The van der Waals surface area contributed by atoms with E-state index in [1.165, 1.54) is 16.9 Å². The molecule has 5 nitrogen and oxygen atoms in total. The summed E-state index contributed by atoms with van der Waals surface area (Å²) >= 11 is 3.26. The van der Waals surface area contributed by atoms with E-state index in [2.05, 4.69) is 19.1 Å². The number of hydrogen-bond donors (Lipinski definition) is 0. The molecule has 0 spiro atoms. The van der Waals surface area contributed by atoms with Gasteiger partial charge in [0, 0.05) is 18.7 Å². The summed E-state index contributed by atoms with van der Waals surface area (Å²) < 4.78 is 1.06. The van der Waals surface area contributed by atoms with Crippen LogP contribution in [0.2, 0.25) is 0 Å². The smallest absolute Gasteiger partial charge is 0.252 e. The van der Waals surface area contributed by atoms with E-state index in [-0.39, 0.29) is 16.7 Å². The van der Waals surface area contributed by atoms with Crippen LogP contribution < -0.4 is 4.90 Å². The average Bonchev–Trinajstić information content (AvgIpc) is 3.42. The number of hydrogen-bond acceptors (Lipinski definition) is 5. The lowest BCUT2D eigenvalue weighted by Crippen LogP contribution is -2.52. The van der Waals surface area contributed by atoms with E-state index in [1.54, 1.807) is 16.7 Å². The van der Waals surface area contributed by atoms with Crippen LogP contribution in [0.5, 0.6) is 0 Å². The Kier molecular flexibility index (Phi) is 5.03. The number of thiazole rings is 1. The summed E-state index contributed by atoms with van der Waals surface area (Å²) in [6, 6.07) is 17.7. The molecule has 154 valence electrons. The third-order valence-corrected chi connectivity index (χ3v) is 8.54. The largest absolute Gasteiger partial charge is 0.315 e. The van der Waals surface area contributed by atoms with Crippen LogP contribution in [-0.4, -0.2) is 44.9 Å². The average molecular weight is 438 g/mol. The van der Waals surface area contributed by atoms with Gasteiger partial charge in [0.25, 0.3) is 5.91 Å². The normalized spacial score (nSPS) is 23.2. The van der Waals surface area contributed by atoms with E-state index in [4.69, 9.17) is 4.98 Å². The van der Waals surface area contributed by atoms with Crippen molar-refractivity contribution in [1.29, 1.82) is 0 Å². The number of aromatic nitrogens is 1. The summed E-state index contributed by atoms with van der Waals surface area (Å²) in [7, 11) is 0. The van der Waals surface area contributed by atoms with Crippen molar-refractivity contribution in [1.82, 2.24) is 9.88 Å². The van der Waals surface area contributed by atoms with E-state index in [0.29, 0.717) is 23.8 Å². The highest BCUT2D eigenvalue weighted by Crippen LogP contribution is 2.47. The lowest BCUT2D eigenvalue weighted by Gasteiger charge is -2.32. The van der Waals surface area contributed by atoms with Gasteiger partial charge < -0.3 is 4.90 Å². The molecule has 2 aliphatic heterocycles. The molecule has 0 aliphatic carbocycles. The number of carbonyl (C=O) groups excluding carboxylic acids is 2. The van der Waals surface area contributed by atoms with Crippen LogP contribution in [0.3, 0.4) is 0 Å². The summed E-state index contributed by atoms with van der Waals surface area (Å²) in [6.45, 7) is 2.63. The maximum absolute atomic E-state index is 13.8. The molecule has 2 amide bonds. The Morgan fingerprint density at radius 3 is 2.77 bits per heavy atom. The molecule has 3 aromatic rings. The van der Waals surface area contributed by atoms with Crippen LogP contribution >= 0.6 is 23.1 Å². The maximum atomic E-state index is 13.8. The standard InChI is InChI=1S/C23H23N3O2S2/c1-23-13-11-20(27)26(23)18(15-29-23)21(28)25(14-12-16-7-3-2-4-8-16)22-24-17-9-5-6-10-19(17)30-22/h2-10,18H,11-15H2,1H3. The Morgan fingerprint density at radius 1 is 1.20 bits per heavy atom. The van der Waals surface area contributed by atoms with Gasteiger partial charge in [-0.05, 0) is 37.5 Å². The topological polar surface area (TPSA) is 53.5 Å². The predicted octanol–water partition coefficient (Wildman–Crippen LogP) is 4.33. The molecule has 2 atom stereocenters. The fourth-order valence-electron chi connectivity index (χ4n) is 4.34. The van der Waals surface area contributed by atoms with Gasteiger partial charge in [0.1, 0.15) is 6.04 Å². The summed E-state index contributed by atoms with van der Waals surface area (Å²) in [5, 5.41) is 0.711. The summed E-state index contributed by atoms with van der Waals surface area (Å²) in [4.78, 5) is 34.5. The van der Waals surface area contributed by atoms with Crippen LogP contribution in [0.25, 0.3) is 10.2 Å². The van der Waals surface area contributed by atoms with E-state index in [9.17, 15) is 9.59 Å². The zero-order valence-electron chi connectivity index (χ0n) is 16.8. The van der Waals surface area contributed by atoms with Crippen LogP contribution in [0.15, 0.2) is 54.6 Å². The fourth-order valence-corrected chi connectivity index (χ4v) is 6.76. The highest BCUT2D eigenvalue weighted by Gasteiger charge is 2.53. The van der Waals surface area contributed by atoms with Gasteiger partial charge in [0.05, 0.1) is 15.1 Å². The quantitative estimate of drug-likeness (QED) is 0.596. The molecule has 5 rings (SSSR count). The highest BCUT2D eigenvalue weighted by atomic mass is 32.2. The van der Waals surface area contributed by atoms with Crippen LogP contribution in [0, 0.1) is 0 Å². The van der Waals surface area contributed by atoms with Crippen LogP contribution in [0.4, 0.5) is 5.13 Å². The first-order valence-corrected chi connectivity index (χ1v) is 12.0. The summed E-state index contributed by atoms with van der Waals surface area (Å²) in [6.07, 6.45) is 2.08. The first-order chi connectivity index (χ1) is 14.5. The Bertz CT molecular complexity index is 1070. The van der Waals surface area contributed by atoms with Crippen molar-refractivity contribution in [3.63, 3.8) is 0 Å². The number of carbonyl (C=O) groups is 2. The van der Waals surface area contributed by atoms with Crippen molar-refractivity contribution in [2.75, 3.05) is 17.2 Å². The highest BCUT2D eigenvalue weighted by molar-refractivity contribution is 8.01. The number of fused-ring (bicyclic) bond motifs is 2. The molecule has 0 saturated carbocycles. The molecule has 0 N–H and O–H groups in total. The molecule has 30 heavy (non-hydrogen) atoms. The number of nitrogens with zero attached hydrogens (tertiary/aromatic N) is 3. The molecule has 7 heteroatoms. The van der Waals surface area contributed by atoms with Gasteiger partial charge in [-0.3, -0.25) is 14.5 Å². The summed E-state index contributed by atoms with van der Waals surface area (Å²) in [5.41, 5.74) is 2.08. The van der Waals surface area contributed by atoms with Gasteiger partial charge in [-0.25, -0.2) is 4.98 Å². The third-order valence-electron chi connectivity index (χ3n) is 5.98. The molecule has 1 aromatic heterocycles. The fraction of sp³-hybridized carbons (Fsp3) is 0.348. The molecule has 2 unspecified atom stereocenters. The number of rotatable bonds is 5. The van der Waals surface area contributed by atoms with E-state index in [1.807, 2.05) is 47.4 Å². The third kappa shape index (κ3) is 3.40. The van der Waals surface area contributed by atoms with Gasteiger partial charge >= 0.3 is 0 Å². The van der Waals surface area contributed by atoms with Crippen molar-refractivity contribution in [2.45, 2.75) is 37.1 Å². The molecule has 0 bridgehead atoms. The van der Waals surface area contributed by atoms with Crippen molar-refractivity contribution in [3.8, 4) is 0 Å². The Balaban J connectivity index is 1.47. The second-order valence-corrected chi connectivity index (χ2v) is 10.5. The van der Waals surface area contributed by atoms with Crippen molar-refractivity contribution in [2.24, 2.45) is 0 Å². The van der Waals surface area contributed by atoms with Crippen molar-refractivity contribution in [3.05, 3.63) is 60.2 Å². The minimum atomic E-state index is -0.419. The number of thioether (sulfide) groups is 1. The van der Waals surface area contributed by atoms with E-state index < -0.39 is 6.04 Å². The zero-order chi connectivity index (χ0) is 20.7. The van der Waals surface area contributed by atoms with E-state index >= 15 is 0 Å². The van der Waals surface area contributed by atoms with Crippen molar-refractivity contribution < 1.29 is 9.59 Å². The lowest BCUT2D eigenvalue weighted by molar-refractivity contribution is -0.136. The number of amides is 2. The van der Waals surface area contributed by atoms with Crippen LogP contribution in [-0.2, 0) is 16.0 Å². The number of anilines is 1. The molecule has 0 radical (unpaired) electrons. The van der Waals surface area contributed by atoms with Gasteiger partial charge in [0.15, 0.2) is 5.13 Å². The van der Waals surface area contributed by atoms with Gasteiger partial charge in [-0.1, -0.05) is 53.8 Å². The predicted molar refractivity (Wildman–Crippen MR) is 123 cm³/mol. The Hall–Kier alpha value is -2.38. The van der Waals surface area contributed by atoms with Crippen molar-refractivity contribution >= 4 is 50.3 Å². The number of benzene rings is 2.